The van der Waals surface area contributed by atoms with Gasteiger partial charge in [0.2, 0.25) is 17.6 Å². The van der Waals surface area contributed by atoms with Gasteiger partial charge < -0.3 is 14.6 Å². The van der Waals surface area contributed by atoms with Crippen molar-refractivity contribution in [1.29, 1.82) is 0 Å². The number of nitrogens with zero attached hydrogens (tertiary/aromatic N) is 3. The molecule has 1 amide bonds. The summed E-state index contributed by atoms with van der Waals surface area (Å²) in [5, 5.41) is 9.05. The molecule has 0 aliphatic carbocycles. The molecule has 8 heteroatoms. The van der Waals surface area contributed by atoms with Gasteiger partial charge in [0.05, 0.1) is 6.61 Å². The summed E-state index contributed by atoms with van der Waals surface area (Å²) in [4.78, 5) is 20.1. The zero-order valence-corrected chi connectivity index (χ0v) is 13.9. The second-order valence-electron chi connectivity index (χ2n) is 4.85. The topological polar surface area (TPSA) is 90.1 Å². The summed E-state index contributed by atoms with van der Waals surface area (Å²) in [6.07, 6.45) is 2.27. The number of rotatable bonds is 7. The number of nitrogens with one attached hydrogen (secondary N) is 1. The molecule has 3 rings (SSSR count). The Morgan fingerprint density at radius 2 is 2.17 bits per heavy atom. The molecule has 1 N–H and O–H groups in total. The first-order valence-corrected chi connectivity index (χ1v) is 8.37. The summed E-state index contributed by atoms with van der Waals surface area (Å²) in [6, 6.07) is 7.45. The highest BCUT2D eigenvalue weighted by Crippen LogP contribution is 2.20. The molecule has 1 aromatic carbocycles. The number of thiazole rings is 1. The Morgan fingerprint density at radius 3 is 2.88 bits per heavy atom. The lowest BCUT2D eigenvalue weighted by atomic mass is 10.2. The zero-order valence-electron chi connectivity index (χ0n) is 13.1. The van der Waals surface area contributed by atoms with Gasteiger partial charge in [-0.25, -0.2) is 4.98 Å². The first-order valence-electron chi connectivity index (χ1n) is 7.49. The predicted molar refractivity (Wildman–Crippen MR) is 90.0 cm³/mol. The summed E-state index contributed by atoms with van der Waals surface area (Å²) >= 11 is 1.37. The fourth-order valence-electron chi connectivity index (χ4n) is 2.03. The number of carbonyl (C=O) groups is 1. The van der Waals surface area contributed by atoms with Crippen molar-refractivity contribution in [2.75, 3.05) is 11.9 Å². The van der Waals surface area contributed by atoms with Crippen LogP contribution in [0.3, 0.4) is 0 Å². The molecule has 0 aliphatic heterocycles. The molecule has 0 saturated heterocycles. The van der Waals surface area contributed by atoms with E-state index in [1.54, 1.807) is 11.6 Å². The monoisotopic (exact) mass is 344 g/mol. The first kappa shape index (κ1) is 16.1. The average molecular weight is 344 g/mol. The van der Waals surface area contributed by atoms with Crippen LogP contribution in [-0.2, 0) is 11.2 Å². The Balaban J connectivity index is 1.56. The fraction of sp³-hybridized carbons (Fsp3) is 0.250. The lowest BCUT2D eigenvalue weighted by molar-refractivity contribution is -0.116. The van der Waals surface area contributed by atoms with Crippen LogP contribution in [0.2, 0.25) is 0 Å². The lowest BCUT2D eigenvalue weighted by Crippen LogP contribution is -2.12. The lowest BCUT2D eigenvalue weighted by Gasteiger charge is -2.02. The van der Waals surface area contributed by atoms with Crippen molar-refractivity contribution < 1.29 is 14.1 Å². The highest BCUT2D eigenvalue weighted by molar-refractivity contribution is 7.13. The summed E-state index contributed by atoms with van der Waals surface area (Å²) < 4.78 is 10.6. The van der Waals surface area contributed by atoms with Crippen molar-refractivity contribution in [3.8, 4) is 17.1 Å². The van der Waals surface area contributed by atoms with E-state index >= 15 is 0 Å². The van der Waals surface area contributed by atoms with Gasteiger partial charge in [-0.15, -0.1) is 11.3 Å². The molecule has 0 bridgehead atoms. The molecule has 7 nitrogen and oxygen atoms in total. The number of aromatic nitrogens is 3. The highest BCUT2D eigenvalue weighted by Gasteiger charge is 2.11. The number of benzene rings is 1. The van der Waals surface area contributed by atoms with Crippen LogP contribution in [0, 0.1) is 0 Å². The van der Waals surface area contributed by atoms with Crippen LogP contribution < -0.4 is 10.1 Å². The summed E-state index contributed by atoms with van der Waals surface area (Å²) in [5.41, 5.74) is 0.834. The molecular formula is C16H16N4O3S. The zero-order chi connectivity index (χ0) is 16.8. The van der Waals surface area contributed by atoms with Crippen LogP contribution in [0.25, 0.3) is 11.4 Å². The van der Waals surface area contributed by atoms with E-state index in [1.807, 2.05) is 31.2 Å². The molecule has 0 spiro atoms. The van der Waals surface area contributed by atoms with Crippen LogP contribution in [0.1, 0.15) is 19.2 Å². The Morgan fingerprint density at radius 1 is 1.33 bits per heavy atom. The van der Waals surface area contributed by atoms with E-state index in [-0.39, 0.29) is 12.3 Å². The molecule has 0 unspecified atom stereocenters. The van der Waals surface area contributed by atoms with Gasteiger partial charge in [-0.05, 0) is 31.2 Å². The first-order chi connectivity index (χ1) is 11.7. The number of hydrogen-bond acceptors (Lipinski definition) is 7. The van der Waals surface area contributed by atoms with Gasteiger partial charge in [0.15, 0.2) is 5.13 Å². The van der Waals surface area contributed by atoms with Gasteiger partial charge in [0.1, 0.15) is 5.75 Å². The van der Waals surface area contributed by atoms with Crippen molar-refractivity contribution in [1.82, 2.24) is 15.1 Å². The van der Waals surface area contributed by atoms with E-state index in [0.29, 0.717) is 29.9 Å². The SMILES string of the molecule is CCOc1ccc(-c2noc(CCC(=O)Nc3nccs3)n2)cc1. The maximum absolute atomic E-state index is 11.8. The van der Waals surface area contributed by atoms with Crippen molar-refractivity contribution in [2.45, 2.75) is 19.8 Å². The number of hydrogen-bond donors (Lipinski definition) is 1. The Labute approximate surface area is 142 Å². The Kier molecular flexibility index (Phi) is 5.17. The van der Waals surface area contributed by atoms with Crippen LogP contribution in [0.4, 0.5) is 5.13 Å². The smallest absolute Gasteiger partial charge is 0.227 e. The normalized spacial score (nSPS) is 10.5. The second kappa shape index (κ2) is 7.69. The number of aryl methyl sites for hydroxylation is 1. The van der Waals surface area contributed by atoms with Gasteiger partial charge in [0.25, 0.3) is 0 Å². The predicted octanol–water partition coefficient (Wildman–Crippen LogP) is 3.16. The van der Waals surface area contributed by atoms with Gasteiger partial charge in [0, 0.05) is 30.0 Å². The van der Waals surface area contributed by atoms with Gasteiger partial charge in [-0.2, -0.15) is 4.98 Å². The number of amides is 1. The molecular weight excluding hydrogens is 328 g/mol. The third-order valence-electron chi connectivity index (χ3n) is 3.14. The van der Waals surface area contributed by atoms with E-state index in [4.69, 9.17) is 9.26 Å². The van der Waals surface area contributed by atoms with Crippen LogP contribution in [-0.4, -0.2) is 27.6 Å². The largest absolute Gasteiger partial charge is 0.494 e. The third kappa shape index (κ3) is 4.17. The van der Waals surface area contributed by atoms with Crippen LogP contribution in [0.5, 0.6) is 5.75 Å². The van der Waals surface area contributed by atoms with Crippen LogP contribution in [0.15, 0.2) is 40.4 Å². The molecule has 2 heterocycles. The fourth-order valence-corrected chi connectivity index (χ4v) is 2.57. The molecule has 0 fully saturated rings. The number of anilines is 1. The third-order valence-corrected chi connectivity index (χ3v) is 3.82. The average Bonchev–Trinajstić information content (AvgIpc) is 3.26. The van der Waals surface area contributed by atoms with Crippen LogP contribution >= 0.6 is 11.3 Å². The quantitative estimate of drug-likeness (QED) is 0.708. The molecule has 3 aromatic rings. The van der Waals surface area contributed by atoms with Gasteiger partial charge in [-0.1, -0.05) is 5.16 Å². The molecule has 0 aliphatic rings. The Hall–Kier alpha value is -2.74. The number of ether oxygens (including phenoxy) is 1. The molecule has 0 atom stereocenters. The molecule has 124 valence electrons. The minimum Gasteiger partial charge on any atom is -0.494 e. The maximum Gasteiger partial charge on any atom is 0.227 e. The highest BCUT2D eigenvalue weighted by atomic mass is 32.1. The minimum atomic E-state index is -0.134. The van der Waals surface area contributed by atoms with E-state index in [0.717, 1.165) is 11.3 Å². The van der Waals surface area contributed by atoms with E-state index in [2.05, 4.69) is 20.4 Å². The standard InChI is InChI=1S/C16H16N4O3S/c1-2-22-12-5-3-11(4-6-12)15-19-14(23-20-15)8-7-13(21)18-16-17-9-10-24-16/h3-6,9-10H,2,7-8H2,1H3,(H,17,18,21). The summed E-state index contributed by atoms with van der Waals surface area (Å²) in [7, 11) is 0. The molecule has 0 saturated carbocycles. The van der Waals surface area contributed by atoms with E-state index < -0.39 is 0 Å². The van der Waals surface area contributed by atoms with Gasteiger partial charge >= 0.3 is 0 Å². The summed E-state index contributed by atoms with van der Waals surface area (Å²) in [6.45, 7) is 2.55. The van der Waals surface area contributed by atoms with Crippen molar-refractivity contribution in [3.63, 3.8) is 0 Å². The van der Waals surface area contributed by atoms with Crippen molar-refractivity contribution >= 4 is 22.4 Å². The number of carbonyl (C=O) groups excluding carboxylic acids is 1. The Bertz CT molecular complexity index is 784. The summed E-state index contributed by atoms with van der Waals surface area (Å²) in [5.74, 6) is 1.58. The molecule has 0 radical (unpaired) electrons. The minimum absolute atomic E-state index is 0.134. The van der Waals surface area contributed by atoms with Crippen molar-refractivity contribution in [3.05, 3.63) is 41.7 Å². The van der Waals surface area contributed by atoms with E-state index in [1.165, 1.54) is 11.3 Å². The molecule has 24 heavy (non-hydrogen) atoms. The van der Waals surface area contributed by atoms with Gasteiger partial charge in [-0.3, -0.25) is 4.79 Å². The van der Waals surface area contributed by atoms with E-state index in [9.17, 15) is 4.79 Å². The molecule has 2 aromatic heterocycles. The maximum atomic E-state index is 11.8. The second-order valence-corrected chi connectivity index (χ2v) is 5.75. The van der Waals surface area contributed by atoms with Crippen molar-refractivity contribution in [2.24, 2.45) is 0 Å².